The Morgan fingerprint density at radius 1 is 1.56 bits per heavy atom. The molecule has 0 saturated carbocycles. The number of hydrogen-bond donors (Lipinski definition) is 3. The first-order chi connectivity index (χ1) is 4.04. The van der Waals surface area contributed by atoms with Gasteiger partial charge in [0.25, 0.3) is 0 Å². The lowest BCUT2D eigenvalue weighted by atomic mass is 10.4. The summed E-state index contributed by atoms with van der Waals surface area (Å²) < 4.78 is 13.7. The van der Waals surface area contributed by atoms with Gasteiger partial charge < -0.3 is 10.2 Å². The molecule has 3 atom stereocenters. The minimum atomic E-state index is -2.83. The third-order valence-corrected chi connectivity index (χ3v) is 1.01. The zero-order valence-corrected chi connectivity index (χ0v) is 5.65. The van der Waals surface area contributed by atoms with Crippen LogP contribution in [0.1, 0.15) is 6.92 Å². The van der Waals surface area contributed by atoms with Crippen molar-refractivity contribution in [2.24, 2.45) is 0 Å². The predicted molar refractivity (Wildman–Crippen MR) is 28.6 cm³/mol. The van der Waals surface area contributed by atoms with Crippen molar-refractivity contribution in [3.05, 3.63) is 0 Å². The number of aliphatic hydroxyl groups excluding tert-OH is 2. The summed E-state index contributed by atoms with van der Waals surface area (Å²) in [6.07, 6.45) is -2.74. The van der Waals surface area contributed by atoms with Crippen LogP contribution in [-0.4, -0.2) is 27.5 Å². The lowest BCUT2D eigenvalue weighted by molar-refractivity contribution is -0.0965. The Labute approximate surface area is 52.8 Å². The zero-order valence-electron chi connectivity index (χ0n) is 4.76. The van der Waals surface area contributed by atoms with Gasteiger partial charge in [-0.3, -0.25) is 0 Å². The molecule has 6 heteroatoms. The second-order valence-corrected chi connectivity index (χ2v) is 2.16. The van der Waals surface area contributed by atoms with Crippen molar-refractivity contribution in [2.75, 3.05) is 0 Å². The highest BCUT2D eigenvalue weighted by atomic mass is 31.1. The standard InChI is InChI=1S/C3H7O5P/c1-2(4)3(5)8-9(6)7/h2-5H,1H3/p+1/t2-,3-/m0/s1. The normalized spacial score (nSPS) is 18.9. The summed E-state index contributed by atoms with van der Waals surface area (Å²) in [5.74, 6) is 0. The minimum absolute atomic E-state index is 1.16. The quantitative estimate of drug-likeness (QED) is 0.372. The van der Waals surface area contributed by atoms with Crippen LogP contribution >= 0.6 is 8.25 Å². The topological polar surface area (TPSA) is 87.0 Å². The molecule has 0 bridgehead atoms. The Morgan fingerprint density at radius 2 is 2.00 bits per heavy atom. The van der Waals surface area contributed by atoms with E-state index in [1.165, 1.54) is 6.92 Å². The van der Waals surface area contributed by atoms with Crippen molar-refractivity contribution in [2.45, 2.75) is 19.3 Å². The minimum Gasteiger partial charge on any atom is -0.388 e. The van der Waals surface area contributed by atoms with Crippen molar-refractivity contribution >= 4 is 8.25 Å². The zero-order chi connectivity index (χ0) is 7.44. The lowest BCUT2D eigenvalue weighted by Crippen LogP contribution is -2.22. The molecule has 0 fully saturated rings. The van der Waals surface area contributed by atoms with Gasteiger partial charge >= 0.3 is 8.25 Å². The molecule has 0 rings (SSSR count). The smallest absolute Gasteiger partial charge is 0.388 e. The van der Waals surface area contributed by atoms with Crippen molar-refractivity contribution in [3.8, 4) is 0 Å². The Kier molecular flexibility index (Phi) is 3.84. The molecular formula is C3H8O5P+. The van der Waals surface area contributed by atoms with Crippen molar-refractivity contribution in [3.63, 3.8) is 0 Å². The molecule has 54 valence electrons. The monoisotopic (exact) mass is 155 g/mol. The van der Waals surface area contributed by atoms with Gasteiger partial charge in [-0.1, -0.05) is 4.52 Å². The first-order valence-electron chi connectivity index (χ1n) is 2.23. The summed E-state index contributed by atoms with van der Waals surface area (Å²) >= 11 is 0. The molecule has 0 aromatic carbocycles. The van der Waals surface area contributed by atoms with Gasteiger partial charge in [-0.2, -0.15) is 0 Å². The van der Waals surface area contributed by atoms with Gasteiger partial charge in [0.05, 0.1) is 0 Å². The molecule has 0 aliphatic rings. The molecule has 0 aliphatic heterocycles. The van der Waals surface area contributed by atoms with Crippen LogP contribution in [0.2, 0.25) is 0 Å². The van der Waals surface area contributed by atoms with Crippen LogP contribution in [0.5, 0.6) is 0 Å². The second kappa shape index (κ2) is 3.87. The fourth-order valence-electron chi connectivity index (χ4n) is 0.180. The molecule has 5 nitrogen and oxygen atoms in total. The van der Waals surface area contributed by atoms with Gasteiger partial charge in [0.15, 0.2) is 0 Å². The fraction of sp³-hybridized carbons (Fsp3) is 1.00. The summed E-state index contributed by atoms with van der Waals surface area (Å²) in [5.41, 5.74) is 0. The van der Waals surface area contributed by atoms with E-state index in [0.29, 0.717) is 0 Å². The highest BCUT2D eigenvalue weighted by Crippen LogP contribution is 2.17. The largest absolute Gasteiger partial charge is 0.697 e. The Morgan fingerprint density at radius 3 is 2.11 bits per heavy atom. The number of rotatable bonds is 3. The van der Waals surface area contributed by atoms with Crippen LogP contribution < -0.4 is 0 Å². The van der Waals surface area contributed by atoms with E-state index >= 15 is 0 Å². The lowest BCUT2D eigenvalue weighted by Gasteiger charge is -2.03. The Balaban J connectivity index is 3.50. The van der Waals surface area contributed by atoms with E-state index in [0.717, 1.165) is 0 Å². The maximum atomic E-state index is 9.77. The van der Waals surface area contributed by atoms with E-state index in [4.69, 9.17) is 15.1 Å². The first-order valence-corrected chi connectivity index (χ1v) is 3.36. The van der Waals surface area contributed by atoms with Gasteiger partial charge in [-0.25, -0.2) is 0 Å². The second-order valence-electron chi connectivity index (χ2n) is 1.47. The Hall–Kier alpha value is -0.0600. The van der Waals surface area contributed by atoms with Crippen LogP contribution in [0.4, 0.5) is 0 Å². The summed E-state index contributed by atoms with van der Waals surface area (Å²) in [7, 11) is -2.83. The third-order valence-electron chi connectivity index (χ3n) is 0.611. The maximum absolute atomic E-state index is 9.77. The van der Waals surface area contributed by atoms with Crippen molar-refractivity contribution in [1.82, 2.24) is 0 Å². The van der Waals surface area contributed by atoms with E-state index in [9.17, 15) is 4.57 Å². The number of hydrogen-bond acceptors (Lipinski definition) is 4. The predicted octanol–water partition coefficient (Wildman–Crippen LogP) is -0.648. The Bertz CT molecular complexity index is 102. The van der Waals surface area contributed by atoms with E-state index in [1.54, 1.807) is 0 Å². The van der Waals surface area contributed by atoms with E-state index in [-0.39, 0.29) is 0 Å². The number of aliphatic hydroxyl groups is 2. The van der Waals surface area contributed by atoms with E-state index in [2.05, 4.69) is 4.52 Å². The van der Waals surface area contributed by atoms with Crippen LogP contribution in [0.15, 0.2) is 0 Å². The molecule has 0 amide bonds. The highest BCUT2D eigenvalue weighted by Gasteiger charge is 2.24. The molecule has 3 N–H and O–H groups in total. The molecule has 0 saturated heterocycles. The third kappa shape index (κ3) is 4.44. The van der Waals surface area contributed by atoms with E-state index < -0.39 is 20.6 Å². The van der Waals surface area contributed by atoms with Crippen LogP contribution in [0.25, 0.3) is 0 Å². The molecule has 0 radical (unpaired) electrons. The van der Waals surface area contributed by atoms with Crippen LogP contribution in [-0.2, 0) is 9.09 Å². The van der Waals surface area contributed by atoms with Crippen molar-refractivity contribution in [1.29, 1.82) is 0 Å². The molecule has 0 heterocycles. The average molecular weight is 155 g/mol. The summed E-state index contributed by atoms with van der Waals surface area (Å²) in [6.45, 7) is 1.24. The average Bonchev–Trinajstić information content (AvgIpc) is 1.63. The highest BCUT2D eigenvalue weighted by molar-refractivity contribution is 7.32. The maximum Gasteiger partial charge on any atom is 0.697 e. The van der Waals surface area contributed by atoms with Gasteiger partial charge in [0.2, 0.25) is 6.29 Å². The summed E-state index contributed by atoms with van der Waals surface area (Å²) in [6, 6.07) is 0. The molecule has 0 aromatic heterocycles. The molecular weight excluding hydrogens is 147 g/mol. The van der Waals surface area contributed by atoms with E-state index in [1.807, 2.05) is 0 Å². The van der Waals surface area contributed by atoms with Gasteiger partial charge in [0, 0.05) is 4.57 Å². The van der Waals surface area contributed by atoms with Crippen LogP contribution in [0, 0.1) is 0 Å². The molecule has 0 aliphatic carbocycles. The molecule has 0 aromatic rings. The SMILES string of the molecule is C[C@H](O)[C@@H](O)O[P+](=O)O. The van der Waals surface area contributed by atoms with Gasteiger partial charge in [-0.05, 0) is 6.92 Å². The summed E-state index contributed by atoms with van der Waals surface area (Å²) in [4.78, 5) is 7.99. The summed E-state index contributed by atoms with van der Waals surface area (Å²) in [5, 5.41) is 16.9. The van der Waals surface area contributed by atoms with Crippen molar-refractivity contribution < 1.29 is 24.2 Å². The fourth-order valence-corrected chi connectivity index (χ4v) is 0.541. The first kappa shape index (κ1) is 8.94. The molecule has 0 spiro atoms. The van der Waals surface area contributed by atoms with Crippen LogP contribution in [0.3, 0.4) is 0 Å². The van der Waals surface area contributed by atoms with Gasteiger partial charge in [-0.15, -0.1) is 4.89 Å². The molecule has 9 heavy (non-hydrogen) atoms. The molecule has 1 unspecified atom stereocenters. The van der Waals surface area contributed by atoms with Gasteiger partial charge in [0.1, 0.15) is 6.10 Å².